The summed E-state index contributed by atoms with van der Waals surface area (Å²) in [7, 11) is 0. The van der Waals surface area contributed by atoms with Gasteiger partial charge in [0.2, 0.25) is 11.9 Å². The summed E-state index contributed by atoms with van der Waals surface area (Å²) in [5.74, 6) is 3.42. The molecule has 24 aromatic carbocycles. The molecule has 10 heteroatoms. The number of aromatic nitrogens is 10. The smallest absolute Gasteiger partial charge is 0.238 e. The van der Waals surface area contributed by atoms with Crippen molar-refractivity contribution in [3.05, 3.63) is 461 Å². The van der Waals surface area contributed by atoms with Gasteiger partial charge in [-0.3, -0.25) is 13.7 Å². The maximum atomic E-state index is 5.38. The van der Waals surface area contributed by atoms with Crippen molar-refractivity contribution in [2.45, 2.75) is 0 Å². The van der Waals surface area contributed by atoms with Crippen LogP contribution in [0.25, 0.3) is 314 Å². The maximum Gasteiger partial charge on any atom is 0.238 e. The molecular weight excluding hydrogens is 1740 g/mol. The van der Waals surface area contributed by atoms with E-state index in [9.17, 15) is 0 Å². The second kappa shape index (κ2) is 30.6. The van der Waals surface area contributed by atoms with Gasteiger partial charge in [0, 0.05) is 60.0 Å². The molecule has 33 rings (SSSR count). The van der Waals surface area contributed by atoms with Crippen molar-refractivity contribution in [2.24, 2.45) is 0 Å². The largest absolute Gasteiger partial charge is 0.292 e. The second-order valence-corrected chi connectivity index (χ2v) is 37.7. The zero-order valence-electron chi connectivity index (χ0n) is 76.9. The van der Waals surface area contributed by atoms with Crippen LogP contribution in [0.2, 0.25) is 0 Å². The van der Waals surface area contributed by atoms with Crippen LogP contribution in [0.3, 0.4) is 0 Å². The summed E-state index contributed by atoms with van der Waals surface area (Å²) in [4.78, 5) is 36.6. The number of para-hydroxylation sites is 3. The summed E-state index contributed by atoms with van der Waals surface area (Å²) in [5.41, 5.74) is 30.4. The molecule has 10 nitrogen and oxygen atoms in total. The van der Waals surface area contributed by atoms with Crippen LogP contribution in [-0.2, 0) is 0 Å². The van der Waals surface area contributed by atoms with E-state index in [4.69, 9.17) is 34.9 Å². The zero-order chi connectivity index (χ0) is 93.3. The van der Waals surface area contributed by atoms with Crippen LogP contribution in [0.1, 0.15) is 0 Å². The Morgan fingerprint density at radius 3 is 0.769 bits per heavy atom. The van der Waals surface area contributed by atoms with Crippen molar-refractivity contribution >= 4 is 184 Å². The first-order valence-electron chi connectivity index (χ1n) is 48.9. The lowest BCUT2D eigenvalue weighted by Crippen LogP contribution is -2.06. The Bertz CT molecular complexity index is 10800. The molecular formula is C133H76N10. The highest BCUT2D eigenvalue weighted by Crippen LogP contribution is 2.59. The van der Waals surface area contributed by atoms with Gasteiger partial charge in [-0.2, -0.15) is 9.97 Å². The monoisotopic (exact) mass is 1810 g/mol. The summed E-state index contributed by atoms with van der Waals surface area (Å²) in [6.45, 7) is 0. The molecule has 0 bridgehead atoms. The van der Waals surface area contributed by atoms with Crippen molar-refractivity contribution in [2.75, 3.05) is 0 Å². The van der Waals surface area contributed by atoms with Crippen molar-refractivity contribution in [3.8, 4) is 130 Å². The lowest BCUT2D eigenvalue weighted by molar-refractivity contribution is 0.953. The third kappa shape index (κ3) is 11.4. The highest BCUT2D eigenvalue weighted by molar-refractivity contribution is 6.40. The standard InChI is InChI=1S/C45H26N4.2C44H25N3/c1-3-13-28(14-4-1)43-46-44(29-15-5-2-6-16-29)48-45(47-43)49-36-24-12-23-35-40-33-21-10-8-19-31(33)30-18-7-9-20-32(30)39(40)34-22-11-17-27-25-26-37(49)42(38(27)34)41(35)36;1-2-12-27(13-3-1)43-44(46-35-22-9-8-21-34(35)45-43)47-36-23-11-20-33-40-31-18-7-5-16-29(31)28-15-4-6-17-30(28)39(40)32-19-10-14-26-24-25-37(47)42(38(26)32)41(33)36;1-2-12-27(13-3-1)43-32-19-8-9-22-35(32)45-44(46-43)47-36-23-11-21-34-40-31-18-7-5-16-29(31)28-15-4-6-17-30(28)39(40)33-20-10-14-26-24-25-37(47)42(38(26)33)41(34)36/h1-26H;2*1-25H. The summed E-state index contributed by atoms with van der Waals surface area (Å²) in [6, 6.07) is 165. The van der Waals surface area contributed by atoms with Crippen molar-refractivity contribution < 1.29 is 0 Å². The van der Waals surface area contributed by atoms with E-state index >= 15 is 0 Å². The number of hydrogen-bond acceptors (Lipinski definition) is 7. The van der Waals surface area contributed by atoms with Crippen molar-refractivity contribution in [1.82, 2.24) is 48.6 Å². The molecule has 0 aliphatic heterocycles. The third-order valence-electron chi connectivity index (χ3n) is 30.3. The molecule has 6 aromatic heterocycles. The minimum absolute atomic E-state index is 0.603. The number of hydrogen-bond donors (Lipinski definition) is 0. The Balaban J connectivity index is 0.0000000981. The molecule has 0 unspecified atom stereocenters. The lowest BCUT2D eigenvalue weighted by Gasteiger charge is -2.19. The first kappa shape index (κ1) is 78.8. The Hall–Kier alpha value is -19.3. The maximum absolute atomic E-state index is 5.38. The van der Waals surface area contributed by atoms with E-state index < -0.39 is 0 Å². The molecule has 3 aliphatic carbocycles. The topological polar surface area (TPSA) is 105 Å². The van der Waals surface area contributed by atoms with E-state index in [1.54, 1.807) is 0 Å². The molecule has 143 heavy (non-hydrogen) atoms. The van der Waals surface area contributed by atoms with E-state index in [1.807, 2.05) is 60.7 Å². The lowest BCUT2D eigenvalue weighted by atomic mass is 9.84. The first-order valence-corrected chi connectivity index (χ1v) is 48.9. The number of nitrogens with zero attached hydrogens (tertiary/aromatic N) is 10. The van der Waals surface area contributed by atoms with Gasteiger partial charge in [-0.25, -0.2) is 24.9 Å². The predicted octanol–water partition coefficient (Wildman–Crippen LogP) is 34.4. The van der Waals surface area contributed by atoms with Gasteiger partial charge in [0.15, 0.2) is 17.5 Å². The molecule has 0 saturated carbocycles. The molecule has 0 amide bonds. The molecule has 0 N–H and O–H groups in total. The Labute approximate surface area is 817 Å². The fourth-order valence-corrected chi connectivity index (χ4v) is 24.6. The van der Waals surface area contributed by atoms with Crippen LogP contribution in [-0.4, -0.2) is 48.6 Å². The Morgan fingerprint density at radius 2 is 0.406 bits per heavy atom. The van der Waals surface area contributed by atoms with E-state index in [2.05, 4.69) is 414 Å². The normalized spacial score (nSPS) is 12.2. The van der Waals surface area contributed by atoms with Crippen LogP contribution >= 0.6 is 0 Å². The highest BCUT2D eigenvalue weighted by atomic mass is 15.2. The van der Waals surface area contributed by atoms with Gasteiger partial charge in [0.05, 0.1) is 55.3 Å². The zero-order valence-corrected chi connectivity index (χ0v) is 76.9. The predicted molar refractivity (Wildman–Crippen MR) is 595 cm³/mol. The quantitative estimate of drug-likeness (QED) is 0.146. The highest BCUT2D eigenvalue weighted by Gasteiger charge is 2.35. The Kier molecular flexibility index (Phi) is 16.9. The average Bonchev–Trinajstić information content (AvgIpc) is 1.53. The molecule has 0 spiro atoms. The molecule has 658 valence electrons. The first-order chi connectivity index (χ1) is 71.0. The summed E-state index contributed by atoms with van der Waals surface area (Å²) >= 11 is 0. The van der Waals surface area contributed by atoms with Crippen molar-refractivity contribution in [1.29, 1.82) is 0 Å². The molecule has 0 radical (unpaired) electrons. The number of fused-ring (bicyclic) bond motifs is 26. The minimum Gasteiger partial charge on any atom is -0.292 e. The van der Waals surface area contributed by atoms with Crippen LogP contribution < -0.4 is 0 Å². The molecule has 0 atom stereocenters. The fourth-order valence-electron chi connectivity index (χ4n) is 24.6. The summed E-state index contributed by atoms with van der Waals surface area (Å²) < 4.78 is 6.90. The third-order valence-corrected chi connectivity index (χ3v) is 30.3. The molecule has 0 saturated heterocycles. The average molecular weight is 1810 g/mol. The van der Waals surface area contributed by atoms with E-state index in [0.717, 1.165) is 94.5 Å². The van der Waals surface area contributed by atoms with Gasteiger partial charge in [0.25, 0.3) is 0 Å². The van der Waals surface area contributed by atoms with Crippen LogP contribution in [0.5, 0.6) is 0 Å². The number of rotatable bonds is 7. The van der Waals surface area contributed by atoms with Gasteiger partial charge in [-0.1, -0.05) is 406 Å². The molecule has 30 aromatic rings. The minimum atomic E-state index is 0.603. The van der Waals surface area contributed by atoms with E-state index in [0.29, 0.717) is 23.5 Å². The van der Waals surface area contributed by atoms with Gasteiger partial charge in [0.1, 0.15) is 5.69 Å². The fraction of sp³-hybridized carbons (Fsp3) is 0. The molecule has 6 heterocycles. The summed E-state index contributed by atoms with van der Waals surface area (Å²) in [5, 5.41) is 31.3. The van der Waals surface area contributed by atoms with Crippen LogP contribution in [0.15, 0.2) is 461 Å². The van der Waals surface area contributed by atoms with Gasteiger partial charge in [-0.15, -0.1) is 0 Å². The number of benzene rings is 24. The van der Waals surface area contributed by atoms with Crippen LogP contribution in [0, 0.1) is 0 Å². The Morgan fingerprint density at radius 1 is 0.140 bits per heavy atom. The van der Waals surface area contributed by atoms with E-state index in [1.165, 1.54) is 196 Å². The van der Waals surface area contributed by atoms with Gasteiger partial charge < -0.3 is 0 Å². The van der Waals surface area contributed by atoms with Gasteiger partial charge >= 0.3 is 0 Å². The second-order valence-electron chi connectivity index (χ2n) is 37.7. The summed E-state index contributed by atoms with van der Waals surface area (Å²) in [6.07, 6.45) is 0. The SMILES string of the molecule is c1ccc(-c2nc(-c3ccccc3)nc(-n3c4cccc5c4c4c6c(cccc6ccc43)-c3c-5c4ccccc4c4ccccc34)n2)cc1.c1ccc(-c2nc(-n3c4cccc5c4c4c6c(cccc6ccc43)-c3c-5c4ccccc4c4ccccc34)nc3ccccc23)cc1.c1ccc(-c2nc3ccccc3nc2-n2c3cccc4c3c3c5c(cccc5ccc32)-c2c-4c3ccccc3c3ccccc23)cc1. The van der Waals surface area contributed by atoms with Crippen molar-refractivity contribution in [3.63, 3.8) is 0 Å². The molecule has 3 aliphatic rings. The van der Waals surface area contributed by atoms with E-state index in [-0.39, 0.29) is 0 Å². The molecule has 0 fully saturated rings. The van der Waals surface area contributed by atoms with Gasteiger partial charge in [-0.05, 0) is 218 Å². The van der Waals surface area contributed by atoms with Crippen LogP contribution in [0.4, 0.5) is 0 Å².